The highest BCUT2D eigenvalue weighted by atomic mass is 16.5. The lowest BCUT2D eigenvalue weighted by Gasteiger charge is -2.02. The topological polar surface area (TPSA) is 72.1 Å². The summed E-state index contributed by atoms with van der Waals surface area (Å²) in [6, 6.07) is 16.1. The zero-order valence-electron chi connectivity index (χ0n) is 14.8. The number of aliphatic imine (C=N–C) groups is 1. The van der Waals surface area contributed by atoms with E-state index in [1.807, 2.05) is 30.3 Å². The van der Waals surface area contributed by atoms with E-state index < -0.39 is 0 Å². The van der Waals surface area contributed by atoms with Gasteiger partial charge < -0.3 is 9.15 Å². The van der Waals surface area contributed by atoms with Crippen molar-refractivity contribution >= 4 is 23.7 Å². The second-order valence-corrected chi connectivity index (χ2v) is 6.09. The lowest BCUT2D eigenvalue weighted by Crippen LogP contribution is -2.24. The van der Waals surface area contributed by atoms with E-state index >= 15 is 0 Å². The van der Waals surface area contributed by atoms with E-state index in [1.54, 1.807) is 37.6 Å². The molecular weight excluding hydrogens is 344 g/mol. The van der Waals surface area contributed by atoms with Crippen molar-refractivity contribution in [3.05, 3.63) is 71.5 Å². The fraction of sp³-hybridized carbons (Fsp3) is 0.0952. The molecule has 0 saturated carbocycles. The monoisotopic (exact) mass is 360 g/mol. The maximum absolute atomic E-state index is 12.1. The second kappa shape index (κ2) is 6.57. The molecule has 1 aromatic heterocycles. The molecule has 0 spiro atoms. The molecule has 2 aromatic carbocycles. The quantitative estimate of drug-likeness (QED) is 0.522. The van der Waals surface area contributed by atoms with Crippen LogP contribution in [-0.2, 0) is 0 Å². The summed E-state index contributed by atoms with van der Waals surface area (Å²) in [5.74, 6) is 1.37. The molecular formula is C21H16N2O4. The number of furan rings is 1. The third kappa shape index (κ3) is 3.01. The fourth-order valence-electron chi connectivity index (χ4n) is 2.90. The van der Waals surface area contributed by atoms with Crippen molar-refractivity contribution in [1.29, 1.82) is 0 Å². The maximum atomic E-state index is 12.1. The molecule has 6 heteroatoms. The van der Waals surface area contributed by atoms with Gasteiger partial charge in [-0.3, -0.25) is 19.5 Å². The maximum Gasteiger partial charge on any atom is 0.261 e. The number of rotatable bonds is 4. The van der Waals surface area contributed by atoms with Gasteiger partial charge in [-0.2, -0.15) is 0 Å². The Balaban J connectivity index is 1.57. The predicted molar refractivity (Wildman–Crippen MR) is 101 cm³/mol. The summed E-state index contributed by atoms with van der Waals surface area (Å²) >= 11 is 0. The molecule has 1 aliphatic rings. The number of nitrogens with zero attached hydrogens (tertiary/aromatic N) is 2. The molecule has 0 radical (unpaired) electrons. The Morgan fingerprint density at radius 1 is 0.963 bits per heavy atom. The summed E-state index contributed by atoms with van der Waals surface area (Å²) in [4.78, 5) is 29.6. The Bertz CT molecular complexity index is 1060. The van der Waals surface area contributed by atoms with Crippen molar-refractivity contribution in [3.8, 4) is 17.1 Å². The number of imide groups is 1. The Labute approximate surface area is 155 Å². The van der Waals surface area contributed by atoms with Gasteiger partial charge in [0.1, 0.15) is 17.3 Å². The van der Waals surface area contributed by atoms with E-state index in [4.69, 9.17) is 9.15 Å². The number of hydrogen-bond acceptors (Lipinski definition) is 5. The molecule has 6 nitrogen and oxygen atoms in total. The number of fused-ring (bicyclic) bond motifs is 1. The van der Waals surface area contributed by atoms with Crippen molar-refractivity contribution in [1.82, 2.24) is 4.90 Å². The van der Waals surface area contributed by atoms with Crippen molar-refractivity contribution in [2.45, 2.75) is 0 Å². The Morgan fingerprint density at radius 2 is 1.70 bits per heavy atom. The summed E-state index contributed by atoms with van der Waals surface area (Å²) in [5, 5.41) is 0. The van der Waals surface area contributed by atoms with Crippen LogP contribution in [0.4, 0.5) is 5.69 Å². The summed E-state index contributed by atoms with van der Waals surface area (Å²) in [5.41, 5.74) is 2.32. The van der Waals surface area contributed by atoms with Gasteiger partial charge in [-0.15, -0.1) is 0 Å². The second-order valence-electron chi connectivity index (χ2n) is 6.09. The first kappa shape index (κ1) is 16.8. The van der Waals surface area contributed by atoms with Gasteiger partial charge >= 0.3 is 0 Å². The normalized spacial score (nSPS) is 13.5. The molecule has 0 fully saturated rings. The standard InChI is InChI=1S/C21H16N2O4/c1-23-20(24)17-9-3-13(11-18(17)21(23)25)19-10-8-16(27-19)12-22-14-4-6-15(26-2)7-5-14/h3-12H,1-2H3. The largest absolute Gasteiger partial charge is 0.497 e. The number of methoxy groups -OCH3 is 1. The number of amides is 2. The highest BCUT2D eigenvalue weighted by Gasteiger charge is 2.32. The van der Waals surface area contributed by atoms with Gasteiger partial charge in [0, 0.05) is 12.6 Å². The smallest absolute Gasteiger partial charge is 0.261 e. The van der Waals surface area contributed by atoms with E-state index in [1.165, 1.54) is 7.05 Å². The highest BCUT2D eigenvalue weighted by molar-refractivity contribution is 6.21. The van der Waals surface area contributed by atoms with E-state index in [0.29, 0.717) is 22.6 Å². The third-order valence-corrected chi connectivity index (χ3v) is 4.41. The third-order valence-electron chi connectivity index (χ3n) is 4.41. The molecule has 0 N–H and O–H groups in total. The lowest BCUT2D eigenvalue weighted by molar-refractivity contribution is 0.0693. The average Bonchev–Trinajstić information content (AvgIpc) is 3.26. The van der Waals surface area contributed by atoms with Gasteiger partial charge in [0.05, 0.1) is 30.1 Å². The van der Waals surface area contributed by atoms with Crippen molar-refractivity contribution < 1.29 is 18.7 Å². The Kier molecular flexibility index (Phi) is 4.08. The molecule has 0 unspecified atom stereocenters. The summed E-state index contributed by atoms with van der Waals surface area (Å²) in [7, 11) is 3.09. The molecule has 0 aliphatic carbocycles. The number of hydrogen-bond donors (Lipinski definition) is 0. The molecule has 0 saturated heterocycles. The molecule has 1 aliphatic heterocycles. The SMILES string of the molecule is COc1ccc(N=Cc2ccc(-c3ccc4c(c3)C(=O)N(C)C4=O)o2)cc1. The first-order valence-corrected chi connectivity index (χ1v) is 8.31. The van der Waals surface area contributed by atoms with E-state index in [-0.39, 0.29) is 11.8 Å². The van der Waals surface area contributed by atoms with Crippen LogP contribution in [-0.4, -0.2) is 37.1 Å². The molecule has 0 bridgehead atoms. The van der Waals surface area contributed by atoms with E-state index in [9.17, 15) is 9.59 Å². The zero-order chi connectivity index (χ0) is 19.0. The molecule has 3 aromatic rings. The molecule has 0 atom stereocenters. The molecule has 2 amide bonds. The zero-order valence-corrected chi connectivity index (χ0v) is 14.8. The highest BCUT2D eigenvalue weighted by Crippen LogP contribution is 2.29. The predicted octanol–water partition coefficient (Wildman–Crippen LogP) is 3.93. The molecule has 134 valence electrons. The fourth-order valence-corrected chi connectivity index (χ4v) is 2.90. The average molecular weight is 360 g/mol. The van der Waals surface area contributed by atoms with Gasteiger partial charge in [-0.05, 0) is 48.5 Å². The Hall–Kier alpha value is -3.67. The minimum absolute atomic E-state index is 0.284. The van der Waals surface area contributed by atoms with Crippen LogP contribution in [0.3, 0.4) is 0 Å². The first-order chi connectivity index (χ1) is 13.1. The molecule has 4 rings (SSSR count). The first-order valence-electron chi connectivity index (χ1n) is 8.31. The van der Waals surface area contributed by atoms with E-state index in [2.05, 4.69) is 4.99 Å². The number of benzene rings is 2. The van der Waals surface area contributed by atoms with E-state index in [0.717, 1.165) is 21.9 Å². The van der Waals surface area contributed by atoms with Crippen LogP contribution in [0, 0.1) is 0 Å². The van der Waals surface area contributed by atoms with Gasteiger partial charge in [0.15, 0.2) is 0 Å². The summed E-state index contributed by atoms with van der Waals surface area (Å²) < 4.78 is 10.9. The van der Waals surface area contributed by atoms with Crippen LogP contribution in [0.2, 0.25) is 0 Å². The van der Waals surface area contributed by atoms with Crippen LogP contribution < -0.4 is 4.74 Å². The van der Waals surface area contributed by atoms with Crippen LogP contribution in [0.1, 0.15) is 26.5 Å². The summed E-state index contributed by atoms with van der Waals surface area (Å²) in [6.45, 7) is 0. The van der Waals surface area contributed by atoms with Crippen LogP contribution >= 0.6 is 0 Å². The van der Waals surface area contributed by atoms with Crippen molar-refractivity contribution in [2.24, 2.45) is 4.99 Å². The minimum atomic E-state index is -0.301. The lowest BCUT2D eigenvalue weighted by atomic mass is 10.0. The number of carbonyl (C=O) groups excluding carboxylic acids is 2. The number of carbonyl (C=O) groups is 2. The molecule has 27 heavy (non-hydrogen) atoms. The van der Waals surface area contributed by atoms with Crippen LogP contribution in [0.25, 0.3) is 11.3 Å². The molecule has 2 heterocycles. The minimum Gasteiger partial charge on any atom is -0.497 e. The van der Waals surface area contributed by atoms with Gasteiger partial charge in [0.25, 0.3) is 11.8 Å². The van der Waals surface area contributed by atoms with Gasteiger partial charge in [-0.25, -0.2) is 0 Å². The Morgan fingerprint density at radius 3 is 2.44 bits per heavy atom. The van der Waals surface area contributed by atoms with Crippen LogP contribution in [0.15, 0.2) is 64.0 Å². The van der Waals surface area contributed by atoms with Gasteiger partial charge in [-0.1, -0.05) is 6.07 Å². The van der Waals surface area contributed by atoms with Crippen molar-refractivity contribution in [2.75, 3.05) is 14.2 Å². The number of ether oxygens (including phenoxy) is 1. The van der Waals surface area contributed by atoms with Crippen LogP contribution in [0.5, 0.6) is 5.75 Å². The van der Waals surface area contributed by atoms with Gasteiger partial charge in [0.2, 0.25) is 0 Å². The van der Waals surface area contributed by atoms with Crippen molar-refractivity contribution in [3.63, 3.8) is 0 Å². The summed E-state index contributed by atoms with van der Waals surface area (Å²) in [6.07, 6.45) is 1.63.